The Morgan fingerprint density at radius 1 is 1.10 bits per heavy atom. The molecular weight excluding hydrogens is 507 g/mol. The summed E-state index contributed by atoms with van der Waals surface area (Å²) in [6.45, 7) is 5.60. The summed E-state index contributed by atoms with van der Waals surface area (Å²) in [7, 11) is 0. The molecule has 0 fully saturated rings. The molecule has 0 aliphatic carbocycles. The van der Waals surface area contributed by atoms with E-state index in [1.807, 2.05) is 61.5 Å². The Hall–Kier alpha value is -2.49. The van der Waals surface area contributed by atoms with Crippen LogP contribution in [0.4, 0.5) is 5.69 Å². The van der Waals surface area contributed by atoms with Crippen molar-refractivity contribution in [1.82, 2.24) is 10.6 Å². The number of aliphatic imine (C=N–C) groups is 1. The molecule has 2 aromatic carbocycles. The SMILES string of the molecule is CCNC(=NCCCOc1ccccc1)NCCCN1C(=O)COc2ccccc21.I. The molecule has 2 N–H and O–H groups in total. The number of guanidine groups is 1. The second kappa shape index (κ2) is 13.7. The van der Waals surface area contributed by atoms with Crippen LogP contribution in [0, 0.1) is 0 Å². The van der Waals surface area contributed by atoms with E-state index in [9.17, 15) is 4.79 Å². The first kappa shape index (κ1) is 24.8. The van der Waals surface area contributed by atoms with Crippen LogP contribution in [-0.4, -0.2) is 51.3 Å². The lowest BCUT2D eigenvalue weighted by Gasteiger charge is -2.29. The third-order valence-corrected chi connectivity index (χ3v) is 4.59. The maximum absolute atomic E-state index is 12.2. The lowest BCUT2D eigenvalue weighted by molar-refractivity contribution is -0.121. The van der Waals surface area contributed by atoms with Crippen LogP contribution in [0.1, 0.15) is 19.8 Å². The molecule has 0 radical (unpaired) electrons. The van der Waals surface area contributed by atoms with Gasteiger partial charge in [-0.2, -0.15) is 0 Å². The number of nitrogens with one attached hydrogen (secondary N) is 2. The van der Waals surface area contributed by atoms with Gasteiger partial charge >= 0.3 is 0 Å². The summed E-state index contributed by atoms with van der Waals surface area (Å²) in [4.78, 5) is 18.6. The molecule has 0 saturated heterocycles. The highest BCUT2D eigenvalue weighted by Gasteiger charge is 2.24. The third kappa shape index (κ3) is 7.93. The first-order chi connectivity index (χ1) is 14.8. The maximum atomic E-state index is 12.2. The standard InChI is InChI=1S/C23H30N4O3.HI/c1-2-24-23(26-15-9-17-29-19-10-4-3-5-11-19)25-14-8-16-27-20-12-6-7-13-21(20)30-18-22(27)28;/h3-7,10-13H,2,8-9,14-18H2,1H3,(H2,24,25,26);1H. The van der Waals surface area contributed by atoms with Crippen molar-refractivity contribution in [2.45, 2.75) is 19.8 Å². The first-order valence-corrected chi connectivity index (χ1v) is 10.5. The normalized spacial score (nSPS) is 13.0. The first-order valence-electron chi connectivity index (χ1n) is 10.5. The quantitative estimate of drug-likeness (QED) is 0.210. The predicted molar refractivity (Wildman–Crippen MR) is 135 cm³/mol. The highest BCUT2D eigenvalue weighted by molar-refractivity contribution is 14.0. The maximum Gasteiger partial charge on any atom is 0.265 e. The zero-order chi connectivity index (χ0) is 21.0. The lowest BCUT2D eigenvalue weighted by Crippen LogP contribution is -2.42. The molecule has 1 amide bonds. The summed E-state index contributed by atoms with van der Waals surface area (Å²) in [5, 5.41) is 6.59. The molecule has 1 aliphatic heterocycles. The molecule has 0 bridgehead atoms. The predicted octanol–water partition coefficient (Wildman–Crippen LogP) is 3.44. The van der Waals surface area contributed by atoms with Crippen LogP contribution in [0.25, 0.3) is 0 Å². The number of rotatable bonds is 10. The van der Waals surface area contributed by atoms with E-state index in [1.165, 1.54) is 0 Å². The van der Waals surface area contributed by atoms with Crippen LogP contribution in [0.3, 0.4) is 0 Å². The largest absolute Gasteiger partial charge is 0.494 e. The Morgan fingerprint density at radius 3 is 2.68 bits per heavy atom. The number of nitrogens with zero attached hydrogens (tertiary/aromatic N) is 2. The number of carbonyl (C=O) groups is 1. The molecule has 0 saturated carbocycles. The van der Waals surface area contributed by atoms with Crippen molar-refractivity contribution in [1.29, 1.82) is 0 Å². The minimum absolute atomic E-state index is 0. The molecule has 0 atom stereocenters. The summed E-state index contributed by atoms with van der Waals surface area (Å²) in [5.74, 6) is 2.42. The van der Waals surface area contributed by atoms with Crippen molar-refractivity contribution in [3.05, 3.63) is 54.6 Å². The van der Waals surface area contributed by atoms with Gasteiger partial charge in [-0.25, -0.2) is 0 Å². The third-order valence-electron chi connectivity index (χ3n) is 4.59. The number of hydrogen-bond donors (Lipinski definition) is 2. The van der Waals surface area contributed by atoms with E-state index < -0.39 is 0 Å². The number of benzene rings is 2. The van der Waals surface area contributed by atoms with Gasteiger partial charge in [0.15, 0.2) is 12.6 Å². The fourth-order valence-electron chi connectivity index (χ4n) is 3.15. The summed E-state index contributed by atoms with van der Waals surface area (Å²) in [6.07, 6.45) is 1.64. The Kier molecular flexibility index (Phi) is 11.0. The molecule has 8 heteroatoms. The van der Waals surface area contributed by atoms with E-state index in [2.05, 4.69) is 15.6 Å². The molecular formula is C23H31IN4O3. The van der Waals surface area contributed by atoms with Gasteiger partial charge in [0.1, 0.15) is 11.5 Å². The molecule has 1 aliphatic rings. The highest BCUT2D eigenvalue weighted by Crippen LogP contribution is 2.31. The Bertz CT molecular complexity index is 833. The monoisotopic (exact) mass is 538 g/mol. The van der Waals surface area contributed by atoms with Crippen LogP contribution < -0.4 is 25.0 Å². The Labute approximate surface area is 201 Å². The average molecular weight is 538 g/mol. The topological polar surface area (TPSA) is 75.2 Å². The number of fused-ring (bicyclic) bond motifs is 1. The second-order valence-electron chi connectivity index (χ2n) is 6.86. The molecule has 1 heterocycles. The summed E-state index contributed by atoms with van der Waals surface area (Å²) >= 11 is 0. The van der Waals surface area contributed by atoms with Gasteiger partial charge in [0.2, 0.25) is 0 Å². The fraction of sp³-hybridized carbons (Fsp3) is 0.391. The fourth-order valence-corrected chi connectivity index (χ4v) is 3.15. The Balaban J connectivity index is 0.00000341. The van der Waals surface area contributed by atoms with E-state index in [4.69, 9.17) is 9.47 Å². The van der Waals surface area contributed by atoms with Crippen molar-refractivity contribution in [3.63, 3.8) is 0 Å². The number of halogens is 1. The molecule has 0 aromatic heterocycles. The number of para-hydroxylation sites is 3. The summed E-state index contributed by atoms with van der Waals surface area (Å²) < 4.78 is 11.2. The zero-order valence-corrected chi connectivity index (χ0v) is 20.2. The van der Waals surface area contributed by atoms with Crippen LogP contribution in [0.2, 0.25) is 0 Å². The summed E-state index contributed by atoms with van der Waals surface area (Å²) in [6, 6.07) is 17.4. The number of hydrogen-bond acceptors (Lipinski definition) is 4. The summed E-state index contributed by atoms with van der Waals surface area (Å²) in [5.41, 5.74) is 0.840. The van der Waals surface area contributed by atoms with Gasteiger partial charge in [-0.1, -0.05) is 30.3 Å². The van der Waals surface area contributed by atoms with E-state index in [0.29, 0.717) is 19.7 Å². The van der Waals surface area contributed by atoms with E-state index >= 15 is 0 Å². The van der Waals surface area contributed by atoms with Crippen LogP contribution >= 0.6 is 24.0 Å². The molecule has 3 rings (SSSR count). The van der Waals surface area contributed by atoms with Gasteiger partial charge in [-0.05, 0) is 37.6 Å². The number of anilines is 1. The van der Waals surface area contributed by atoms with E-state index in [1.54, 1.807) is 4.90 Å². The van der Waals surface area contributed by atoms with Crippen molar-refractivity contribution < 1.29 is 14.3 Å². The van der Waals surface area contributed by atoms with E-state index in [0.717, 1.165) is 49.1 Å². The van der Waals surface area contributed by atoms with Gasteiger partial charge in [0.05, 0.1) is 12.3 Å². The van der Waals surface area contributed by atoms with Gasteiger partial charge in [0.25, 0.3) is 5.91 Å². The number of ether oxygens (including phenoxy) is 2. The van der Waals surface area contributed by atoms with Gasteiger partial charge in [-0.15, -0.1) is 24.0 Å². The van der Waals surface area contributed by atoms with Crippen LogP contribution in [0.5, 0.6) is 11.5 Å². The van der Waals surface area contributed by atoms with E-state index in [-0.39, 0.29) is 36.5 Å². The van der Waals surface area contributed by atoms with Crippen LogP contribution in [-0.2, 0) is 4.79 Å². The molecule has 0 spiro atoms. The number of amides is 1. The van der Waals surface area contributed by atoms with Crippen molar-refractivity contribution in [2.24, 2.45) is 4.99 Å². The number of carbonyl (C=O) groups excluding carboxylic acids is 1. The van der Waals surface area contributed by atoms with Crippen LogP contribution in [0.15, 0.2) is 59.6 Å². The molecule has 2 aromatic rings. The average Bonchev–Trinajstić information content (AvgIpc) is 2.78. The molecule has 7 nitrogen and oxygen atoms in total. The minimum atomic E-state index is -0.00677. The highest BCUT2D eigenvalue weighted by atomic mass is 127. The molecule has 31 heavy (non-hydrogen) atoms. The molecule has 0 unspecified atom stereocenters. The lowest BCUT2D eigenvalue weighted by atomic mass is 10.2. The van der Waals surface area contributed by atoms with Crippen molar-refractivity contribution >= 4 is 41.5 Å². The van der Waals surface area contributed by atoms with Gasteiger partial charge in [-0.3, -0.25) is 9.79 Å². The molecule has 168 valence electrons. The second-order valence-corrected chi connectivity index (χ2v) is 6.86. The Morgan fingerprint density at radius 2 is 1.87 bits per heavy atom. The smallest absolute Gasteiger partial charge is 0.265 e. The van der Waals surface area contributed by atoms with Crippen molar-refractivity contribution in [2.75, 3.05) is 44.3 Å². The minimum Gasteiger partial charge on any atom is -0.494 e. The van der Waals surface area contributed by atoms with Crippen molar-refractivity contribution in [3.8, 4) is 11.5 Å². The van der Waals surface area contributed by atoms with Gasteiger partial charge < -0.3 is 25.0 Å². The van der Waals surface area contributed by atoms with Gasteiger partial charge in [0, 0.05) is 32.6 Å². The zero-order valence-electron chi connectivity index (χ0n) is 17.9.